The molecule has 66 valence electrons. The molecule has 0 aromatic rings. The first-order chi connectivity index (χ1) is 4.95. The number of rotatable bonds is 3. The molecule has 0 N–H and O–H groups in total. The maximum absolute atomic E-state index is 2.32. The van der Waals surface area contributed by atoms with E-state index in [-0.39, 0.29) is 0 Å². The molecule has 0 rings (SSSR count). The molecule has 0 radical (unpaired) electrons. The van der Waals surface area contributed by atoms with Gasteiger partial charge >= 0.3 is 0 Å². The number of hydrogen-bond acceptors (Lipinski definition) is 1. The molecule has 0 aliphatic carbocycles. The Morgan fingerprint density at radius 2 is 1.55 bits per heavy atom. The standard InChI is InChI=1S/C10H21N/c1-8(2)7-10(9(3)4)11(5)6/h7-9H,1-6H3/b10-7-. The zero-order chi connectivity index (χ0) is 9.02. The van der Waals surface area contributed by atoms with Crippen LogP contribution >= 0.6 is 0 Å². The zero-order valence-electron chi connectivity index (χ0n) is 8.68. The number of hydrogen-bond donors (Lipinski definition) is 0. The summed E-state index contributed by atoms with van der Waals surface area (Å²) in [5.41, 5.74) is 1.43. The number of allylic oxidation sites excluding steroid dienone is 2. The van der Waals surface area contributed by atoms with Crippen molar-refractivity contribution in [3.63, 3.8) is 0 Å². The van der Waals surface area contributed by atoms with Crippen molar-refractivity contribution in [2.24, 2.45) is 11.8 Å². The van der Waals surface area contributed by atoms with E-state index in [1.807, 2.05) is 0 Å². The molecule has 0 aromatic heterocycles. The number of nitrogens with zero attached hydrogens (tertiary/aromatic N) is 1. The van der Waals surface area contributed by atoms with Crippen LogP contribution in [-0.2, 0) is 0 Å². The Morgan fingerprint density at radius 3 is 1.64 bits per heavy atom. The molecule has 11 heavy (non-hydrogen) atoms. The van der Waals surface area contributed by atoms with Crippen LogP contribution in [0.2, 0.25) is 0 Å². The third-order valence-corrected chi connectivity index (χ3v) is 1.61. The van der Waals surface area contributed by atoms with Crippen LogP contribution in [0.25, 0.3) is 0 Å². The molecule has 0 atom stereocenters. The third-order valence-electron chi connectivity index (χ3n) is 1.61. The normalized spacial score (nSPS) is 12.9. The summed E-state index contributed by atoms with van der Waals surface area (Å²) in [5, 5.41) is 0. The monoisotopic (exact) mass is 155 g/mol. The molecular weight excluding hydrogens is 134 g/mol. The average Bonchev–Trinajstić information content (AvgIpc) is 1.81. The summed E-state index contributed by atoms with van der Waals surface area (Å²) in [6, 6.07) is 0. The predicted molar refractivity (Wildman–Crippen MR) is 51.4 cm³/mol. The van der Waals surface area contributed by atoms with Crippen molar-refractivity contribution in [1.82, 2.24) is 4.90 Å². The van der Waals surface area contributed by atoms with E-state index in [2.05, 4.69) is 52.8 Å². The summed E-state index contributed by atoms with van der Waals surface area (Å²) in [5.74, 6) is 1.28. The first kappa shape index (κ1) is 10.5. The highest BCUT2D eigenvalue weighted by molar-refractivity contribution is 5.03. The summed E-state index contributed by atoms with van der Waals surface area (Å²) < 4.78 is 0. The second kappa shape index (κ2) is 4.42. The minimum Gasteiger partial charge on any atom is -0.381 e. The van der Waals surface area contributed by atoms with E-state index in [4.69, 9.17) is 0 Å². The van der Waals surface area contributed by atoms with Crippen molar-refractivity contribution in [3.8, 4) is 0 Å². The van der Waals surface area contributed by atoms with Crippen LogP contribution < -0.4 is 0 Å². The molecule has 0 spiro atoms. The van der Waals surface area contributed by atoms with E-state index < -0.39 is 0 Å². The van der Waals surface area contributed by atoms with Gasteiger partial charge in [0.1, 0.15) is 0 Å². The van der Waals surface area contributed by atoms with E-state index in [0.717, 1.165) is 0 Å². The maximum atomic E-state index is 2.32. The van der Waals surface area contributed by atoms with Crippen molar-refractivity contribution in [3.05, 3.63) is 11.8 Å². The summed E-state index contributed by atoms with van der Waals surface area (Å²) in [6.07, 6.45) is 2.32. The van der Waals surface area contributed by atoms with E-state index in [1.54, 1.807) is 0 Å². The lowest BCUT2D eigenvalue weighted by Crippen LogP contribution is -2.16. The molecule has 0 saturated heterocycles. The van der Waals surface area contributed by atoms with Gasteiger partial charge in [-0.25, -0.2) is 0 Å². The fourth-order valence-corrected chi connectivity index (χ4v) is 1.20. The van der Waals surface area contributed by atoms with Gasteiger partial charge in [0.15, 0.2) is 0 Å². The molecule has 0 bridgehead atoms. The molecule has 0 aliphatic heterocycles. The van der Waals surface area contributed by atoms with Gasteiger partial charge in [-0.05, 0) is 11.8 Å². The van der Waals surface area contributed by atoms with Gasteiger partial charge in [0.25, 0.3) is 0 Å². The lowest BCUT2D eigenvalue weighted by Gasteiger charge is -2.21. The van der Waals surface area contributed by atoms with Crippen LogP contribution in [-0.4, -0.2) is 19.0 Å². The first-order valence-corrected chi connectivity index (χ1v) is 4.34. The molecule has 0 aromatic carbocycles. The van der Waals surface area contributed by atoms with Crippen LogP contribution in [0, 0.1) is 11.8 Å². The summed E-state index contributed by atoms with van der Waals surface area (Å²) in [4.78, 5) is 2.20. The molecule has 0 unspecified atom stereocenters. The molecule has 0 fully saturated rings. The van der Waals surface area contributed by atoms with E-state index in [9.17, 15) is 0 Å². The van der Waals surface area contributed by atoms with Gasteiger partial charge < -0.3 is 4.90 Å². The third kappa shape index (κ3) is 4.07. The molecule has 1 nitrogen and oxygen atoms in total. The van der Waals surface area contributed by atoms with Gasteiger partial charge in [-0.3, -0.25) is 0 Å². The second-order valence-corrected chi connectivity index (χ2v) is 3.88. The molecule has 0 aliphatic rings. The Morgan fingerprint density at radius 1 is 1.09 bits per heavy atom. The Hall–Kier alpha value is -0.460. The Balaban J connectivity index is 4.33. The van der Waals surface area contributed by atoms with Crippen molar-refractivity contribution >= 4 is 0 Å². The lowest BCUT2D eigenvalue weighted by atomic mass is 10.1. The summed E-state index contributed by atoms with van der Waals surface area (Å²) in [6.45, 7) is 8.89. The first-order valence-electron chi connectivity index (χ1n) is 4.34. The van der Waals surface area contributed by atoms with E-state index >= 15 is 0 Å². The van der Waals surface area contributed by atoms with Gasteiger partial charge in [0, 0.05) is 19.8 Å². The largest absolute Gasteiger partial charge is 0.381 e. The van der Waals surface area contributed by atoms with Gasteiger partial charge in [0.05, 0.1) is 0 Å². The minimum absolute atomic E-state index is 0.632. The minimum atomic E-state index is 0.632. The molecule has 0 heterocycles. The zero-order valence-corrected chi connectivity index (χ0v) is 8.68. The highest BCUT2D eigenvalue weighted by Gasteiger charge is 2.04. The van der Waals surface area contributed by atoms with Crippen LogP contribution in [0.5, 0.6) is 0 Å². The van der Waals surface area contributed by atoms with Crippen LogP contribution in [0.15, 0.2) is 11.8 Å². The average molecular weight is 155 g/mol. The fraction of sp³-hybridized carbons (Fsp3) is 0.800. The Bertz CT molecular complexity index is 122. The van der Waals surface area contributed by atoms with Gasteiger partial charge in [-0.1, -0.05) is 33.8 Å². The fourth-order valence-electron chi connectivity index (χ4n) is 1.20. The van der Waals surface area contributed by atoms with Crippen LogP contribution in [0.4, 0.5) is 0 Å². The quantitative estimate of drug-likeness (QED) is 0.605. The highest BCUT2D eigenvalue weighted by atomic mass is 15.1. The smallest absolute Gasteiger partial charge is 0.0115 e. The Labute approximate surface area is 71.1 Å². The van der Waals surface area contributed by atoms with E-state index in [1.165, 1.54) is 5.70 Å². The van der Waals surface area contributed by atoms with Crippen molar-refractivity contribution in [2.45, 2.75) is 27.7 Å². The molecule has 0 saturated carbocycles. The van der Waals surface area contributed by atoms with Crippen molar-refractivity contribution in [2.75, 3.05) is 14.1 Å². The SMILES string of the molecule is CC(C)/C=C(/C(C)C)N(C)C. The Kier molecular flexibility index (Phi) is 4.24. The predicted octanol–water partition coefficient (Wildman–Crippen LogP) is 2.74. The molecular formula is C10H21N. The second-order valence-electron chi connectivity index (χ2n) is 3.88. The topological polar surface area (TPSA) is 3.24 Å². The van der Waals surface area contributed by atoms with Crippen LogP contribution in [0.1, 0.15) is 27.7 Å². The van der Waals surface area contributed by atoms with Gasteiger partial charge in [-0.2, -0.15) is 0 Å². The van der Waals surface area contributed by atoms with E-state index in [0.29, 0.717) is 11.8 Å². The molecule has 0 amide bonds. The van der Waals surface area contributed by atoms with Crippen molar-refractivity contribution < 1.29 is 0 Å². The highest BCUT2D eigenvalue weighted by Crippen LogP contribution is 2.14. The van der Waals surface area contributed by atoms with Gasteiger partial charge in [-0.15, -0.1) is 0 Å². The lowest BCUT2D eigenvalue weighted by molar-refractivity contribution is 0.439. The summed E-state index contributed by atoms with van der Waals surface area (Å²) >= 11 is 0. The van der Waals surface area contributed by atoms with Crippen molar-refractivity contribution in [1.29, 1.82) is 0 Å². The maximum Gasteiger partial charge on any atom is 0.0115 e. The van der Waals surface area contributed by atoms with Crippen LogP contribution in [0.3, 0.4) is 0 Å². The van der Waals surface area contributed by atoms with Gasteiger partial charge in [0.2, 0.25) is 0 Å². The summed E-state index contributed by atoms with van der Waals surface area (Å²) in [7, 11) is 4.21. The molecule has 1 heteroatoms.